The molecule has 0 aromatic rings. The van der Waals surface area contributed by atoms with Gasteiger partial charge >= 0.3 is 5.97 Å². The van der Waals surface area contributed by atoms with E-state index in [9.17, 15) is 13.2 Å². The third kappa shape index (κ3) is 5.04. The molecule has 100 valence electrons. The van der Waals surface area contributed by atoms with E-state index < -0.39 is 10.1 Å². The summed E-state index contributed by atoms with van der Waals surface area (Å²) in [6.07, 6.45) is 6.03. The van der Waals surface area contributed by atoms with E-state index in [1.807, 2.05) is 0 Å². The van der Waals surface area contributed by atoms with Crippen molar-refractivity contribution in [3.8, 4) is 0 Å². The fourth-order valence-electron chi connectivity index (χ4n) is 2.28. The molecule has 1 fully saturated rings. The van der Waals surface area contributed by atoms with Crippen LogP contribution < -0.4 is 0 Å². The Bertz CT molecular complexity index is 354. The Balaban J connectivity index is 2.67. The normalized spacial score (nSPS) is 19.9. The zero-order valence-electron chi connectivity index (χ0n) is 10.4. The van der Waals surface area contributed by atoms with Gasteiger partial charge in [-0.15, -0.1) is 0 Å². The summed E-state index contributed by atoms with van der Waals surface area (Å²) in [4.78, 5) is 11.4. The molecular formula is C11H20O5S. The van der Waals surface area contributed by atoms with Crippen LogP contribution in [-0.2, 0) is 23.8 Å². The molecule has 0 aromatic carbocycles. The smallest absolute Gasteiger partial charge is 0.306 e. The standard InChI is InChI=1S/C11H20O5S/c1-15-10(12)8-11(6-4-3-5-7-11)9-16-17(2,13)14/h3-9H2,1-2H3. The highest BCUT2D eigenvalue weighted by Gasteiger charge is 2.36. The Morgan fingerprint density at radius 3 is 2.29 bits per heavy atom. The second-order valence-corrected chi connectivity index (χ2v) is 6.42. The maximum absolute atomic E-state index is 11.4. The minimum absolute atomic E-state index is 0.0843. The summed E-state index contributed by atoms with van der Waals surface area (Å²) >= 11 is 0. The van der Waals surface area contributed by atoms with Crippen LogP contribution >= 0.6 is 0 Å². The second kappa shape index (κ2) is 5.82. The van der Waals surface area contributed by atoms with Crippen LogP contribution in [0.15, 0.2) is 0 Å². The quantitative estimate of drug-likeness (QED) is 0.555. The summed E-state index contributed by atoms with van der Waals surface area (Å²) in [6, 6.07) is 0. The van der Waals surface area contributed by atoms with Crippen molar-refractivity contribution in [2.75, 3.05) is 20.0 Å². The Labute approximate surface area is 103 Å². The van der Waals surface area contributed by atoms with Crippen molar-refractivity contribution in [1.29, 1.82) is 0 Å². The van der Waals surface area contributed by atoms with Crippen molar-refractivity contribution in [1.82, 2.24) is 0 Å². The van der Waals surface area contributed by atoms with Crippen LogP contribution in [0.5, 0.6) is 0 Å². The molecule has 0 aliphatic heterocycles. The molecule has 0 bridgehead atoms. The van der Waals surface area contributed by atoms with E-state index in [0.717, 1.165) is 38.4 Å². The average Bonchev–Trinajstić information content (AvgIpc) is 2.27. The number of hydrogen-bond acceptors (Lipinski definition) is 5. The number of ether oxygens (including phenoxy) is 1. The van der Waals surface area contributed by atoms with Gasteiger partial charge in [0, 0.05) is 5.41 Å². The minimum atomic E-state index is -3.46. The van der Waals surface area contributed by atoms with Gasteiger partial charge in [0.1, 0.15) is 0 Å². The minimum Gasteiger partial charge on any atom is -0.469 e. The molecule has 0 spiro atoms. The summed E-state index contributed by atoms with van der Waals surface area (Å²) in [6.45, 7) is 0.0843. The number of methoxy groups -OCH3 is 1. The van der Waals surface area contributed by atoms with E-state index in [-0.39, 0.29) is 24.4 Å². The number of rotatable bonds is 5. The lowest BCUT2D eigenvalue weighted by atomic mass is 9.72. The first-order chi connectivity index (χ1) is 7.87. The second-order valence-electron chi connectivity index (χ2n) is 4.78. The van der Waals surface area contributed by atoms with Gasteiger partial charge in [-0.2, -0.15) is 8.42 Å². The van der Waals surface area contributed by atoms with Gasteiger partial charge in [0.15, 0.2) is 0 Å². The van der Waals surface area contributed by atoms with Crippen molar-refractivity contribution >= 4 is 16.1 Å². The molecule has 1 saturated carbocycles. The lowest BCUT2D eigenvalue weighted by molar-refractivity contribution is -0.144. The molecule has 1 aliphatic carbocycles. The summed E-state index contributed by atoms with van der Waals surface area (Å²) in [5.41, 5.74) is -0.367. The molecule has 17 heavy (non-hydrogen) atoms. The van der Waals surface area contributed by atoms with Crippen LogP contribution in [0.1, 0.15) is 38.5 Å². The van der Waals surface area contributed by atoms with Gasteiger partial charge in [-0.05, 0) is 12.8 Å². The van der Waals surface area contributed by atoms with Gasteiger partial charge < -0.3 is 4.74 Å². The third-order valence-electron chi connectivity index (χ3n) is 3.24. The van der Waals surface area contributed by atoms with E-state index in [1.54, 1.807) is 0 Å². The maximum Gasteiger partial charge on any atom is 0.306 e. The summed E-state index contributed by atoms with van der Waals surface area (Å²) in [5, 5.41) is 0. The Morgan fingerprint density at radius 2 is 1.82 bits per heavy atom. The lowest BCUT2D eigenvalue weighted by Gasteiger charge is -2.35. The first-order valence-corrected chi connectivity index (χ1v) is 7.60. The molecule has 0 atom stereocenters. The molecule has 0 N–H and O–H groups in total. The van der Waals surface area contributed by atoms with E-state index in [2.05, 4.69) is 4.74 Å². The molecule has 1 aliphatic rings. The van der Waals surface area contributed by atoms with Crippen molar-refractivity contribution in [3.63, 3.8) is 0 Å². The fraction of sp³-hybridized carbons (Fsp3) is 0.909. The maximum atomic E-state index is 11.4. The van der Waals surface area contributed by atoms with Crippen LogP contribution in [0.3, 0.4) is 0 Å². The van der Waals surface area contributed by atoms with Crippen LogP contribution in [-0.4, -0.2) is 34.4 Å². The van der Waals surface area contributed by atoms with Gasteiger partial charge in [-0.1, -0.05) is 19.3 Å². The van der Waals surface area contributed by atoms with Crippen LogP contribution in [0.4, 0.5) is 0 Å². The number of carbonyl (C=O) groups is 1. The average molecular weight is 264 g/mol. The molecule has 5 nitrogen and oxygen atoms in total. The van der Waals surface area contributed by atoms with E-state index >= 15 is 0 Å². The number of carbonyl (C=O) groups excluding carboxylic acids is 1. The van der Waals surface area contributed by atoms with Crippen molar-refractivity contribution in [2.24, 2.45) is 5.41 Å². The van der Waals surface area contributed by atoms with Gasteiger partial charge in [0.2, 0.25) is 0 Å². The Morgan fingerprint density at radius 1 is 1.24 bits per heavy atom. The zero-order valence-corrected chi connectivity index (χ0v) is 11.2. The molecule has 6 heteroatoms. The Kier molecular flexibility index (Phi) is 4.94. The molecule has 0 amide bonds. The fourth-order valence-corrected chi connectivity index (χ4v) is 2.75. The van der Waals surface area contributed by atoms with Crippen molar-refractivity contribution < 1.29 is 22.1 Å². The monoisotopic (exact) mass is 264 g/mol. The number of hydrogen-bond donors (Lipinski definition) is 0. The highest BCUT2D eigenvalue weighted by molar-refractivity contribution is 7.85. The molecule has 0 saturated heterocycles. The van der Waals surface area contributed by atoms with E-state index in [4.69, 9.17) is 4.18 Å². The molecular weight excluding hydrogens is 244 g/mol. The van der Waals surface area contributed by atoms with Gasteiger partial charge in [0.25, 0.3) is 10.1 Å². The predicted octanol–water partition coefficient (Wildman–Crippen LogP) is 1.48. The number of esters is 1. The van der Waals surface area contributed by atoms with Crippen molar-refractivity contribution in [3.05, 3.63) is 0 Å². The molecule has 0 radical (unpaired) electrons. The Hall–Kier alpha value is -0.620. The highest BCUT2D eigenvalue weighted by Crippen LogP contribution is 2.40. The lowest BCUT2D eigenvalue weighted by Crippen LogP contribution is -2.33. The van der Waals surface area contributed by atoms with Gasteiger partial charge in [-0.3, -0.25) is 8.98 Å². The van der Waals surface area contributed by atoms with Crippen molar-refractivity contribution in [2.45, 2.75) is 38.5 Å². The first kappa shape index (κ1) is 14.4. The van der Waals surface area contributed by atoms with E-state index in [0.29, 0.717) is 0 Å². The highest BCUT2D eigenvalue weighted by atomic mass is 32.2. The predicted molar refractivity (Wildman–Crippen MR) is 62.9 cm³/mol. The third-order valence-corrected chi connectivity index (χ3v) is 3.79. The molecule has 0 heterocycles. The van der Waals surface area contributed by atoms with Gasteiger partial charge in [0.05, 0.1) is 26.4 Å². The molecule has 1 rings (SSSR count). The van der Waals surface area contributed by atoms with E-state index in [1.165, 1.54) is 7.11 Å². The summed E-state index contributed by atoms with van der Waals surface area (Å²) < 4.78 is 31.6. The van der Waals surface area contributed by atoms with Gasteiger partial charge in [-0.25, -0.2) is 0 Å². The van der Waals surface area contributed by atoms with Crippen LogP contribution in [0.2, 0.25) is 0 Å². The summed E-state index contributed by atoms with van der Waals surface area (Å²) in [7, 11) is -2.11. The molecule has 0 unspecified atom stereocenters. The topological polar surface area (TPSA) is 69.7 Å². The largest absolute Gasteiger partial charge is 0.469 e. The zero-order chi connectivity index (χ0) is 12.9. The molecule has 0 aromatic heterocycles. The summed E-state index contributed by atoms with van der Waals surface area (Å²) in [5.74, 6) is -0.302. The van der Waals surface area contributed by atoms with Crippen LogP contribution in [0, 0.1) is 5.41 Å². The SMILES string of the molecule is COC(=O)CC1(COS(C)(=O)=O)CCCCC1. The van der Waals surface area contributed by atoms with Crippen LogP contribution in [0.25, 0.3) is 0 Å². The first-order valence-electron chi connectivity index (χ1n) is 5.78.